The van der Waals surface area contributed by atoms with Gasteiger partial charge in [-0.2, -0.15) is 9.30 Å². The molecule has 21 heteroatoms. The molecule has 0 bridgehead atoms. The number of nitrogens with two attached hydrogens (primary N) is 1. The van der Waals surface area contributed by atoms with Gasteiger partial charge in [-0.25, -0.2) is 18.4 Å². The van der Waals surface area contributed by atoms with Crippen molar-refractivity contribution in [3.63, 3.8) is 0 Å². The van der Waals surface area contributed by atoms with E-state index in [1.54, 1.807) is 0 Å². The molecule has 186 valence electrons. The molecule has 0 radical (unpaired) electrons. The standard InChI is InChI=1S/C12H20N5O12P3S/c1-5-7-9(16-11(13)15-5)17(4-14-7)10-12(2,19)8(18)6(27-10)3-26-32(25,33)29-31(23,24)28-30(20,21)22/h4,6,8,10,18-19H,1,3H2,2H3,(H,23,24)(H,25,33)(H3,13,15,16)(H2,20,21,22)/t6-,8-,10-,12-,32?/m1/s1. The smallest absolute Gasteiger partial charge is 0.387 e. The number of nitrogens with zero attached hydrogens (tertiary/aromatic N) is 3. The molecule has 2 aliphatic heterocycles. The number of fused-ring (bicyclic) bond motifs is 1. The molecule has 2 aliphatic rings. The third-order valence-corrected chi connectivity index (χ3v) is 9.10. The summed E-state index contributed by atoms with van der Waals surface area (Å²) in [7, 11) is -11.0. The first kappa shape index (κ1) is 26.5. The Morgan fingerprint density at radius 1 is 1.36 bits per heavy atom. The number of guanidine groups is 1. The van der Waals surface area contributed by atoms with E-state index in [4.69, 9.17) is 24.8 Å². The number of rotatable bonds is 8. The van der Waals surface area contributed by atoms with Crippen LogP contribution in [0, 0.1) is 0 Å². The topological polar surface area (TPSA) is 261 Å². The fourth-order valence-electron chi connectivity index (χ4n) is 3.05. The molecule has 0 aromatic carbocycles. The minimum absolute atomic E-state index is 0.00333. The number of aromatic nitrogens is 2. The van der Waals surface area contributed by atoms with Crippen molar-refractivity contribution >= 4 is 51.6 Å². The third-order valence-electron chi connectivity index (χ3n) is 4.38. The van der Waals surface area contributed by atoms with Crippen LogP contribution in [0.1, 0.15) is 18.8 Å². The highest BCUT2D eigenvalue weighted by atomic mass is 32.5. The third kappa shape index (κ3) is 5.96. The maximum Gasteiger partial charge on any atom is 0.488 e. The maximum absolute atomic E-state index is 11.6. The van der Waals surface area contributed by atoms with Gasteiger partial charge >= 0.3 is 22.4 Å². The summed E-state index contributed by atoms with van der Waals surface area (Å²) in [6, 6.07) is 0. The molecular weight excluding hydrogens is 531 g/mol. The molecule has 0 aliphatic carbocycles. The number of phosphoric acid groups is 2. The molecule has 9 N–H and O–H groups in total. The van der Waals surface area contributed by atoms with E-state index >= 15 is 0 Å². The van der Waals surface area contributed by atoms with E-state index in [0.717, 1.165) is 0 Å². The van der Waals surface area contributed by atoms with E-state index in [0.29, 0.717) is 11.4 Å². The first-order valence-electron chi connectivity index (χ1n) is 8.63. The Balaban J connectivity index is 1.75. The fourth-order valence-corrected chi connectivity index (χ4v) is 7.03. The van der Waals surface area contributed by atoms with Gasteiger partial charge in [0, 0.05) is 0 Å². The van der Waals surface area contributed by atoms with Crippen LogP contribution in [-0.2, 0) is 38.8 Å². The van der Waals surface area contributed by atoms with Crippen LogP contribution in [0.3, 0.4) is 0 Å². The van der Waals surface area contributed by atoms with Gasteiger partial charge in [0.25, 0.3) is 0 Å². The molecule has 1 aromatic rings. The Labute approximate surface area is 190 Å². The Morgan fingerprint density at radius 3 is 2.61 bits per heavy atom. The number of nitrogens with one attached hydrogen (secondary N) is 1. The van der Waals surface area contributed by atoms with Crippen LogP contribution >= 0.6 is 22.4 Å². The number of imidazole rings is 1. The molecular formula is C12H20N5O12P3S. The number of hydrogen-bond donors (Lipinski definition) is 8. The van der Waals surface area contributed by atoms with Gasteiger partial charge in [0.2, 0.25) is 0 Å². The number of hydrogen-bond acceptors (Lipinski definition) is 13. The van der Waals surface area contributed by atoms with Crippen LogP contribution < -0.4 is 11.1 Å². The van der Waals surface area contributed by atoms with Crippen LogP contribution in [0.4, 0.5) is 5.82 Å². The summed E-state index contributed by atoms with van der Waals surface area (Å²) in [6.45, 7) is -0.421. The van der Waals surface area contributed by atoms with Gasteiger partial charge in [-0.15, -0.1) is 0 Å². The van der Waals surface area contributed by atoms with Gasteiger partial charge in [0.05, 0.1) is 18.6 Å². The van der Waals surface area contributed by atoms with Crippen molar-refractivity contribution in [2.24, 2.45) is 10.7 Å². The minimum atomic E-state index is -5.51. The fraction of sp³-hybridized carbons (Fsp3) is 0.500. The second-order valence-electron chi connectivity index (χ2n) is 7.01. The van der Waals surface area contributed by atoms with Crippen LogP contribution in [-0.4, -0.2) is 69.7 Å². The van der Waals surface area contributed by atoms with E-state index < -0.39 is 53.0 Å². The molecule has 3 heterocycles. The lowest BCUT2D eigenvalue weighted by Gasteiger charge is -2.28. The van der Waals surface area contributed by atoms with Crippen molar-refractivity contribution in [2.75, 3.05) is 6.61 Å². The lowest BCUT2D eigenvalue weighted by atomic mass is 9.96. The normalized spacial score (nSPS) is 31.3. The molecule has 1 fully saturated rings. The first-order chi connectivity index (χ1) is 14.9. The number of aliphatic hydroxyl groups excluding tert-OH is 1. The van der Waals surface area contributed by atoms with Crippen LogP contribution in [0.2, 0.25) is 0 Å². The highest BCUT2D eigenvalue weighted by Gasteiger charge is 2.54. The van der Waals surface area contributed by atoms with E-state index in [-0.39, 0.29) is 11.8 Å². The van der Waals surface area contributed by atoms with E-state index in [1.807, 2.05) is 0 Å². The van der Waals surface area contributed by atoms with Crippen LogP contribution in [0.5, 0.6) is 0 Å². The van der Waals surface area contributed by atoms with Gasteiger partial charge in [-0.3, -0.25) is 4.57 Å². The SMILES string of the molecule is C=C1NC(N)=Nc2c1ncn2[C@@H]1O[C@H](COP(O)(=S)OP(=O)(O)OP(=O)(O)O)[C@@H](O)[C@@]1(C)O. The van der Waals surface area contributed by atoms with Gasteiger partial charge in [-0.05, 0) is 18.7 Å². The lowest BCUT2D eigenvalue weighted by molar-refractivity contribution is -0.0956. The van der Waals surface area contributed by atoms with E-state index in [9.17, 15) is 29.1 Å². The number of ether oxygens (including phenoxy) is 1. The van der Waals surface area contributed by atoms with Gasteiger partial charge < -0.3 is 50.1 Å². The van der Waals surface area contributed by atoms with Crippen molar-refractivity contribution in [3.8, 4) is 0 Å². The Bertz CT molecular complexity index is 1130. The summed E-state index contributed by atoms with van der Waals surface area (Å²) in [5.74, 6) is 0.165. The molecule has 6 atom stereocenters. The molecule has 33 heavy (non-hydrogen) atoms. The number of aliphatic hydroxyl groups is 2. The van der Waals surface area contributed by atoms with Crippen molar-refractivity contribution in [2.45, 2.75) is 31.0 Å². The van der Waals surface area contributed by atoms with Gasteiger partial charge in [0.1, 0.15) is 23.5 Å². The summed E-state index contributed by atoms with van der Waals surface area (Å²) in [5, 5.41) is 24.0. The highest BCUT2D eigenvalue weighted by Crippen LogP contribution is 2.66. The molecule has 17 nitrogen and oxygen atoms in total. The minimum Gasteiger partial charge on any atom is -0.387 e. The van der Waals surface area contributed by atoms with E-state index in [2.05, 4.69) is 42.3 Å². The lowest BCUT2D eigenvalue weighted by Crippen LogP contribution is -2.44. The van der Waals surface area contributed by atoms with Gasteiger partial charge in [-0.1, -0.05) is 6.58 Å². The molecule has 2 unspecified atom stereocenters. The summed E-state index contributed by atoms with van der Waals surface area (Å²) in [5.41, 5.74) is 4.36. The highest BCUT2D eigenvalue weighted by molar-refractivity contribution is 8.08. The Hall–Kier alpha value is -1.07. The second-order valence-corrected chi connectivity index (χ2v) is 12.8. The van der Waals surface area contributed by atoms with Crippen molar-refractivity contribution in [1.29, 1.82) is 0 Å². The molecule has 1 aromatic heterocycles. The zero-order valence-electron chi connectivity index (χ0n) is 16.5. The average molecular weight is 551 g/mol. The van der Waals surface area contributed by atoms with Crippen LogP contribution in [0.25, 0.3) is 5.70 Å². The number of aliphatic imine (C=N–C) groups is 1. The zero-order valence-corrected chi connectivity index (χ0v) is 20.0. The zero-order chi connectivity index (χ0) is 25.0. The summed E-state index contributed by atoms with van der Waals surface area (Å²) in [4.78, 5) is 44.6. The molecule has 1 saturated heterocycles. The van der Waals surface area contributed by atoms with Crippen LogP contribution in [0.15, 0.2) is 17.9 Å². The quantitative estimate of drug-likeness (QED) is 0.178. The van der Waals surface area contributed by atoms with Crippen molar-refractivity contribution in [3.05, 3.63) is 18.6 Å². The van der Waals surface area contributed by atoms with Gasteiger partial charge in [0.15, 0.2) is 18.0 Å². The largest absolute Gasteiger partial charge is 0.488 e. The van der Waals surface area contributed by atoms with E-state index in [1.165, 1.54) is 17.8 Å². The molecule has 0 amide bonds. The first-order valence-corrected chi connectivity index (χ1v) is 14.2. The summed E-state index contributed by atoms with van der Waals surface area (Å²) < 4.78 is 41.7. The molecule has 0 spiro atoms. The predicted molar refractivity (Wildman–Crippen MR) is 113 cm³/mol. The summed E-state index contributed by atoms with van der Waals surface area (Å²) in [6.07, 6.45) is -3.04. The Kier molecular flexibility index (Phi) is 7.12. The predicted octanol–water partition coefficient (Wildman–Crippen LogP) is -1.13. The maximum atomic E-state index is 11.6. The monoisotopic (exact) mass is 551 g/mol. The summed E-state index contributed by atoms with van der Waals surface area (Å²) >= 11 is 4.52. The average Bonchev–Trinajstić information content (AvgIpc) is 3.10. The van der Waals surface area contributed by atoms with Crippen molar-refractivity contribution in [1.82, 2.24) is 14.9 Å². The second kappa shape index (κ2) is 8.86. The molecule has 3 rings (SSSR count). The Morgan fingerprint density at radius 2 is 2.00 bits per heavy atom. The molecule has 0 saturated carbocycles. The van der Waals surface area contributed by atoms with Crippen molar-refractivity contribution < 1.29 is 56.8 Å².